The van der Waals surface area contributed by atoms with Crippen molar-refractivity contribution < 1.29 is 38.0 Å². The number of carbonyl (C=O) groups excluding carboxylic acids is 5. The Labute approximate surface area is 447 Å². The lowest BCUT2D eigenvalue weighted by atomic mass is 9.91. The second-order valence-corrected chi connectivity index (χ2v) is 21.2. The van der Waals surface area contributed by atoms with Gasteiger partial charge in [0.1, 0.15) is 23.5 Å². The molecule has 0 bridgehead atoms. The van der Waals surface area contributed by atoms with Crippen molar-refractivity contribution >= 4 is 58.0 Å². The number of H-pyrrole nitrogens is 1. The maximum atomic E-state index is 15.7. The van der Waals surface area contributed by atoms with Crippen molar-refractivity contribution in [3.8, 4) is 21.7 Å². The van der Waals surface area contributed by atoms with Crippen molar-refractivity contribution in [2.75, 3.05) is 57.7 Å². The van der Waals surface area contributed by atoms with E-state index in [1.807, 2.05) is 60.5 Å². The van der Waals surface area contributed by atoms with Gasteiger partial charge in [-0.15, -0.1) is 11.3 Å². The molecule has 2 saturated heterocycles. The normalized spacial score (nSPS) is 17.6. The molecule has 1 aliphatic carbocycles. The van der Waals surface area contributed by atoms with E-state index in [0.29, 0.717) is 60.6 Å². The monoisotopic (exact) mass is 1070 g/mol. The van der Waals surface area contributed by atoms with Crippen molar-refractivity contribution in [3.05, 3.63) is 119 Å². The molecule has 2 aliphatic heterocycles. The number of anilines is 2. The number of thiazole rings is 1. The lowest BCUT2D eigenvalue weighted by Gasteiger charge is -2.34. The number of aliphatic hydroxyl groups is 1. The number of rotatable bonds is 19. The van der Waals surface area contributed by atoms with Crippen molar-refractivity contribution in [3.63, 3.8) is 0 Å². The van der Waals surface area contributed by atoms with E-state index >= 15 is 4.39 Å². The number of aliphatic hydroxyl groups excluding tert-OH is 1. The lowest BCUT2D eigenvalue weighted by Crippen LogP contribution is -2.51. The molecule has 7 aromatic rings. The molecule has 3 fully saturated rings. The van der Waals surface area contributed by atoms with E-state index in [9.17, 15) is 29.1 Å². The van der Waals surface area contributed by atoms with Gasteiger partial charge >= 0.3 is 0 Å². The number of imidazole rings is 1. The Kier molecular flexibility index (Phi) is 15.5. The highest BCUT2D eigenvalue weighted by Crippen LogP contribution is 2.41. The van der Waals surface area contributed by atoms with Gasteiger partial charge in [-0.1, -0.05) is 43.3 Å². The predicted molar refractivity (Wildman–Crippen MR) is 283 cm³/mol. The maximum absolute atomic E-state index is 15.7. The van der Waals surface area contributed by atoms with Gasteiger partial charge < -0.3 is 40.7 Å². The summed E-state index contributed by atoms with van der Waals surface area (Å²) >= 11 is 1.51. The fourth-order valence-electron chi connectivity index (χ4n) is 10.1. The first-order chi connectivity index (χ1) is 37.2. The topological polar surface area (TPSA) is 261 Å². The molecule has 5 aromatic heterocycles. The molecule has 0 unspecified atom stereocenters. The Morgan fingerprint density at radius 3 is 2.36 bits per heavy atom. The molecule has 1 saturated carbocycles. The molecule has 10 rings (SSSR count). The molecule has 7 heterocycles. The summed E-state index contributed by atoms with van der Waals surface area (Å²) < 4.78 is 23.2. The number of aromatic amines is 1. The average Bonchev–Trinajstić information content (AvgIpc) is 3.93. The number of halogens is 1. The van der Waals surface area contributed by atoms with Crippen molar-refractivity contribution in [1.82, 2.24) is 65.4 Å². The number of hydrogen-bond donors (Lipinski definition) is 6. The van der Waals surface area contributed by atoms with E-state index < -0.39 is 35.8 Å². The number of amides is 5. The first-order valence-corrected chi connectivity index (χ1v) is 26.8. The molecular weight excluding hydrogens is 1010 g/mol. The van der Waals surface area contributed by atoms with Crippen LogP contribution in [-0.4, -0.2) is 149 Å². The number of carbonyl (C=O) groups is 5. The molecule has 23 heteroatoms. The molecule has 3 aliphatic rings. The highest BCUT2D eigenvalue weighted by molar-refractivity contribution is 7.13. The number of likely N-dealkylation sites (tertiary alicyclic amines) is 1. The van der Waals surface area contributed by atoms with Gasteiger partial charge in [0.2, 0.25) is 23.6 Å². The summed E-state index contributed by atoms with van der Waals surface area (Å²) in [6, 6.07) is 11.7. The van der Waals surface area contributed by atoms with Gasteiger partial charge in [-0.05, 0) is 61.9 Å². The highest BCUT2D eigenvalue weighted by atomic mass is 32.1. The third-order valence-corrected chi connectivity index (χ3v) is 15.3. The average molecular weight is 1070 g/mol. The SMILES string of the molecule is Cc1cc([C@H](C(=O)N2C[C@H](O)C[C@H]2C(=O)N[C@@H](CC(=O)NCCNC(=O)CN2CCN(C(=O)c3ccc(Nc4nc(C5CC5)cn5c(-c6cn[nH]c6)cnc45)c(F)c3)CC2)c2ccc(-c3scnc3C)cc2)C(C)C)on1. The smallest absolute Gasteiger partial charge is 0.254 e. The van der Waals surface area contributed by atoms with E-state index in [4.69, 9.17) is 9.51 Å². The Morgan fingerprint density at radius 2 is 1.70 bits per heavy atom. The van der Waals surface area contributed by atoms with Crippen LogP contribution >= 0.6 is 11.3 Å². The number of fused-ring (bicyclic) bond motifs is 1. The van der Waals surface area contributed by atoms with Crippen LogP contribution in [0.3, 0.4) is 0 Å². The molecule has 0 spiro atoms. The summed E-state index contributed by atoms with van der Waals surface area (Å²) in [4.78, 5) is 88.2. The second kappa shape index (κ2) is 22.8. The van der Waals surface area contributed by atoms with Crippen LogP contribution in [0.5, 0.6) is 0 Å². The predicted octanol–water partition coefficient (Wildman–Crippen LogP) is 5.25. The number of aromatic nitrogens is 7. The number of aryl methyl sites for hydroxylation is 2. The van der Waals surface area contributed by atoms with E-state index in [1.54, 1.807) is 48.1 Å². The van der Waals surface area contributed by atoms with E-state index in [1.165, 1.54) is 28.4 Å². The van der Waals surface area contributed by atoms with E-state index in [-0.39, 0.29) is 79.8 Å². The highest BCUT2D eigenvalue weighted by Gasteiger charge is 2.44. The lowest BCUT2D eigenvalue weighted by molar-refractivity contribution is -0.141. The fraction of sp³-hybridized carbons (Fsp3) is 0.407. The van der Waals surface area contributed by atoms with Crippen LogP contribution in [0.4, 0.5) is 15.9 Å². The van der Waals surface area contributed by atoms with E-state index in [2.05, 4.69) is 46.6 Å². The first kappa shape index (κ1) is 52.5. The zero-order valence-corrected chi connectivity index (χ0v) is 44.0. The minimum Gasteiger partial charge on any atom is -0.391 e. The van der Waals surface area contributed by atoms with Crippen LogP contribution in [-0.2, 0) is 19.2 Å². The third kappa shape index (κ3) is 11.9. The quantitative estimate of drug-likeness (QED) is 0.0566. The maximum Gasteiger partial charge on any atom is 0.254 e. The molecule has 0 radical (unpaired) electrons. The summed E-state index contributed by atoms with van der Waals surface area (Å²) in [5.74, 6) is -2.27. The molecule has 2 aromatic carbocycles. The summed E-state index contributed by atoms with van der Waals surface area (Å²) in [6.45, 7) is 9.24. The van der Waals surface area contributed by atoms with Crippen molar-refractivity contribution in [1.29, 1.82) is 0 Å². The van der Waals surface area contributed by atoms with Gasteiger partial charge in [0, 0.05) is 87.7 Å². The summed E-state index contributed by atoms with van der Waals surface area (Å²) in [6.07, 6.45) is 8.16. The summed E-state index contributed by atoms with van der Waals surface area (Å²) in [5.41, 5.74) is 8.29. The minimum absolute atomic E-state index is 0.0176. The number of benzene rings is 2. The van der Waals surface area contributed by atoms with Gasteiger partial charge in [0.05, 0.1) is 76.4 Å². The third-order valence-electron chi connectivity index (χ3n) is 14.3. The molecule has 402 valence electrons. The molecule has 4 atom stereocenters. The van der Waals surface area contributed by atoms with Crippen LogP contribution < -0.4 is 21.3 Å². The first-order valence-electron chi connectivity index (χ1n) is 25.9. The van der Waals surface area contributed by atoms with Gasteiger partial charge in [0.15, 0.2) is 11.5 Å². The van der Waals surface area contributed by atoms with Gasteiger partial charge in [-0.25, -0.2) is 19.3 Å². The van der Waals surface area contributed by atoms with Crippen LogP contribution in [0.25, 0.3) is 27.3 Å². The number of hydrogen-bond acceptors (Lipinski definition) is 15. The molecule has 21 nitrogen and oxygen atoms in total. The number of β-amino-alcohol motifs (C(OH)–C–C–N with tert-alkyl or cyclic N) is 1. The molecule has 5 amide bonds. The number of nitrogens with zero attached hydrogens (tertiary/aromatic N) is 9. The minimum atomic E-state index is -1.00. The second-order valence-electron chi connectivity index (χ2n) is 20.3. The van der Waals surface area contributed by atoms with Crippen molar-refractivity contribution in [2.45, 2.75) is 83.4 Å². The van der Waals surface area contributed by atoms with Crippen LogP contribution in [0.15, 0.2) is 83.4 Å². The largest absolute Gasteiger partial charge is 0.391 e. The van der Waals surface area contributed by atoms with E-state index in [0.717, 1.165) is 45.9 Å². The zero-order valence-electron chi connectivity index (χ0n) is 43.2. The van der Waals surface area contributed by atoms with Gasteiger partial charge in [-0.2, -0.15) is 5.10 Å². The van der Waals surface area contributed by atoms with Crippen LogP contribution in [0.2, 0.25) is 0 Å². The van der Waals surface area contributed by atoms with Crippen LogP contribution in [0.1, 0.15) is 96.2 Å². The summed E-state index contributed by atoms with van der Waals surface area (Å²) in [7, 11) is 0. The standard InChI is InChI=1S/C54H61FN14O7S/c1-30(2)48(45-19-31(3)65-76-45)54(75)69-26-38(70)21-43(69)52(73)64-41(33-7-9-35(10-8-33)49-32(4)59-29-77-49)22-46(71)56-13-14-57-47(72)28-66-15-17-67(18-16-66)53(74)36-11-12-40(39(55)20-36)62-50-51-58-25-44(37-23-60-61-24-37)68(51)27-42(63-50)34-5-6-34/h7-12,19-20,23-25,27,29-30,34,38,41,43,48,70H,5-6,13-18,21-22,26,28H2,1-4H3,(H,56,71)(H,57,72)(H,60,61)(H,62,63)(H,64,73)/t38-,41+,43+,48-/m1/s1. The Morgan fingerprint density at radius 1 is 0.935 bits per heavy atom. The number of piperazine rings is 1. The zero-order chi connectivity index (χ0) is 53.9. The summed E-state index contributed by atoms with van der Waals surface area (Å²) in [5, 5.41) is 33.5. The molecule has 6 N–H and O–H groups in total. The number of nitrogens with one attached hydrogen (secondary N) is 5. The van der Waals surface area contributed by atoms with Crippen molar-refractivity contribution in [2.24, 2.45) is 5.92 Å². The Balaban J connectivity index is 0.704. The van der Waals surface area contributed by atoms with Crippen LogP contribution in [0, 0.1) is 25.6 Å². The van der Waals surface area contributed by atoms with Gasteiger partial charge in [0.25, 0.3) is 5.91 Å². The Bertz CT molecular complexity index is 3270. The fourth-order valence-corrected chi connectivity index (χ4v) is 10.9. The molecule has 77 heavy (non-hydrogen) atoms. The Hall–Kier alpha value is -7.89. The molecular formula is C54H61FN14O7S. The van der Waals surface area contributed by atoms with Gasteiger partial charge in [-0.3, -0.25) is 38.4 Å².